The van der Waals surface area contributed by atoms with Crippen LogP contribution in [-0.4, -0.2) is 21.9 Å². The highest BCUT2D eigenvalue weighted by Crippen LogP contribution is 2.19. The van der Waals surface area contributed by atoms with Crippen LogP contribution in [-0.2, 0) is 15.6 Å². The molecular weight excluding hydrogens is 248 g/mol. The van der Waals surface area contributed by atoms with Crippen molar-refractivity contribution < 1.29 is 9.00 Å². The maximum absolute atomic E-state index is 12.3. The number of rotatable bonds is 5. The van der Waals surface area contributed by atoms with Gasteiger partial charge in [0.25, 0.3) is 0 Å². The molecule has 0 spiro atoms. The van der Waals surface area contributed by atoms with E-state index >= 15 is 0 Å². The van der Waals surface area contributed by atoms with Gasteiger partial charge < -0.3 is 11.1 Å². The van der Waals surface area contributed by atoms with E-state index in [2.05, 4.69) is 5.32 Å². The molecule has 0 aliphatic carbocycles. The summed E-state index contributed by atoms with van der Waals surface area (Å²) in [5, 5.41) is 2.18. The zero-order chi connectivity index (χ0) is 13.7. The summed E-state index contributed by atoms with van der Waals surface area (Å²) in [6.07, 6.45) is 0.863. The van der Waals surface area contributed by atoms with Gasteiger partial charge in [-0.25, -0.2) is 0 Å². The molecule has 0 aromatic heterocycles. The first-order valence-corrected chi connectivity index (χ1v) is 7.23. The molecule has 3 N–H and O–H groups in total. The number of carbonyl (C=O) groups is 1. The second kappa shape index (κ2) is 6.54. The van der Waals surface area contributed by atoms with Crippen molar-refractivity contribution >= 4 is 22.4 Å². The Labute approximate surface area is 110 Å². The highest BCUT2D eigenvalue weighted by atomic mass is 32.2. The van der Waals surface area contributed by atoms with Gasteiger partial charge in [0.1, 0.15) is 5.25 Å². The minimum atomic E-state index is -1.38. The summed E-state index contributed by atoms with van der Waals surface area (Å²) in [6, 6.07) is 5.26. The summed E-state index contributed by atoms with van der Waals surface area (Å²) in [6.45, 7) is 6.12. The first-order chi connectivity index (χ1) is 8.47. The van der Waals surface area contributed by atoms with Gasteiger partial charge in [0.15, 0.2) is 0 Å². The van der Waals surface area contributed by atoms with Gasteiger partial charge in [0, 0.05) is 17.1 Å². The van der Waals surface area contributed by atoms with Crippen LogP contribution in [0.2, 0.25) is 0 Å². The van der Waals surface area contributed by atoms with Gasteiger partial charge in [-0.05, 0) is 38.0 Å². The quantitative estimate of drug-likeness (QED) is 0.797. The lowest BCUT2D eigenvalue weighted by molar-refractivity contribution is -0.120. The second-order valence-electron chi connectivity index (χ2n) is 4.26. The predicted octanol–water partition coefficient (Wildman–Crippen LogP) is 1.60. The first-order valence-electron chi connectivity index (χ1n) is 6.01. The van der Waals surface area contributed by atoms with E-state index in [0.717, 1.165) is 12.0 Å². The lowest BCUT2D eigenvalue weighted by atomic mass is 10.2. The molecule has 0 aliphatic rings. The molecule has 0 saturated heterocycles. The molecule has 0 radical (unpaired) electrons. The van der Waals surface area contributed by atoms with Crippen LogP contribution in [0, 0.1) is 6.92 Å². The van der Waals surface area contributed by atoms with Crippen molar-refractivity contribution in [1.82, 2.24) is 5.32 Å². The number of nitrogens with two attached hydrogens (primary N) is 1. The van der Waals surface area contributed by atoms with Crippen LogP contribution in [0.1, 0.15) is 25.8 Å². The fourth-order valence-corrected chi connectivity index (χ4v) is 2.81. The molecule has 0 bridgehead atoms. The van der Waals surface area contributed by atoms with E-state index in [1.807, 2.05) is 19.9 Å². The average Bonchev–Trinajstić information content (AvgIpc) is 2.37. The Balaban J connectivity index is 2.86. The minimum absolute atomic E-state index is 0.183. The van der Waals surface area contributed by atoms with Crippen molar-refractivity contribution in [3.05, 3.63) is 23.8 Å². The summed E-state index contributed by atoms with van der Waals surface area (Å²) >= 11 is 0. The van der Waals surface area contributed by atoms with Crippen LogP contribution >= 0.6 is 0 Å². The molecule has 0 aliphatic heterocycles. The summed E-state index contributed by atoms with van der Waals surface area (Å²) in [4.78, 5) is 12.4. The maximum Gasteiger partial charge on any atom is 0.235 e. The summed E-state index contributed by atoms with van der Waals surface area (Å²) < 4.78 is 12.3. The number of hydrogen-bond donors (Lipinski definition) is 2. The van der Waals surface area contributed by atoms with Gasteiger partial charge in [0.2, 0.25) is 5.91 Å². The highest BCUT2D eigenvalue weighted by Gasteiger charge is 2.22. The Bertz CT molecular complexity index is 460. The number of anilines is 1. The third-order valence-electron chi connectivity index (χ3n) is 2.67. The smallest absolute Gasteiger partial charge is 0.235 e. The lowest BCUT2D eigenvalue weighted by Crippen LogP contribution is -2.36. The van der Waals surface area contributed by atoms with Crippen LogP contribution in [0.25, 0.3) is 0 Å². The average molecular weight is 268 g/mol. The van der Waals surface area contributed by atoms with Crippen molar-refractivity contribution in [3.8, 4) is 0 Å². The third kappa shape index (κ3) is 3.57. The van der Waals surface area contributed by atoms with Crippen LogP contribution in [0.4, 0.5) is 5.69 Å². The standard InChI is InChI=1S/C13H20N2O2S/c1-4-7-15-13(16)10(3)18(17)12-8-11(14)6-5-9(12)2/h5-6,8,10H,4,7,14H2,1-3H3,(H,15,16). The zero-order valence-corrected chi connectivity index (χ0v) is 11.8. The summed E-state index contributed by atoms with van der Waals surface area (Å²) in [5.74, 6) is -0.183. The number of benzene rings is 1. The number of amides is 1. The molecule has 1 amide bonds. The van der Waals surface area contributed by atoms with E-state index in [1.54, 1.807) is 19.1 Å². The zero-order valence-electron chi connectivity index (χ0n) is 11.0. The van der Waals surface area contributed by atoms with E-state index in [1.165, 1.54) is 0 Å². The number of nitrogen functional groups attached to an aromatic ring is 1. The van der Waals surface area contributed by atoms with E-state index < -0.39 is 16.0 Å². The topological polar surface area (TPSA) is 72.2 Å². The van der Waals surface area contributed by atoms with Crippen molar-refractivity contribution in [3.63, 3.8) is 0 Å². The van der Waals surface area contributed by atoms with Crippen LogP contribution in [0.5, 0.6) is 0 Å². The summed E-state index contributed by atoms with van der Waals surface area (Å²) in [5.41, 5.74) is 7.13. The van der Waals surface area contributed by atoms with Gasteiger partial charge in [-0.2, -0.15) is 0 Å². The van der Waals surface area contributed by atoms with Crippen molar-refractivity contribution in [2.75, 3.05) is 12.3 Å². The molecule has 18 heavy (non-hydrogen) atoms. The van der Waals surface area contributed by atoms with Gasteiger partial charge in [-0.1, -0.05) is 13.0 Å². The SMILES string of the molecule is CCCNC(=O)C(C)S(=O)c1cc(N)ccc1C. The Kier molecular flexibility index (Phi) is 5.34. The van der Waals surface area contributed by atoms with Crippen molar-refractivity contribution in [2.24, 2.45) is 0 Å². The number of carbonyl (C=O) groups excluding carboxylic acids is 1. The Morgan fingerprint density at radius 1 is 1.50 bits per heavy atom. The Hall–Kier alpha value is -1.36. The fraction of sp³-hybridized carbons (Fsp3) is 0.462. The molecule has 0 heterocycles. The molecule has 4 nitrogen and oxygen atoms in total. The van der Waals surface area contributed by atoms with Crippen molar-refractivity contribution in [1.29, 1.82) is 0 Å². The van der Waals surface area contributed by atoms with E-state index in [9.17, 15) is 9.00 Å². The van der Waals surface area contributed by atoms with Crippen LogP contribution < -0.4 is 11.1 Å². The molecule has 2 atom stereocenters. The minimum Gasteiger partial charge on any atom is -0.399 e. The van der Waals surface area contributed by atoms with Crippen molar-refractivity contribution in [2.45, 2.75) is 37.3 Å². The molecule has 5 heteroatoms. The molecule has 0 saturated carbocycles. The van der Waals surface area contributed by atoms with Gasteiger partial charge in [-0.3, -0.25) is 9.00 Å². The highest BCUT2D eigenvalue weighted by molar-refractivity contribution is 7.86. The molecule has 1 aromatic rings. The number of aryl methyl sites for hydroxylation is 1. The Morgan fingerprint density at radius 3 is 2.78 bits per heavy atom. The molecule has 1 aromatic carbocycles. The fourth-order valence-electron chi connectivity index (χ4n) is 1.51. The maximum atomic E-state index is 12.3. The molecule has 2 unspecified atom stereocenters. The largest absolute Gasteiger partial charge is 0.399 e. The lowest BCUT2D eigenvalue weighted by Gasteiger charge is -2.13. The van der Waals surface area contributed by atoms with E-state index in [-0.39, 0.29) is 5.91 Å². The normalized spacial score (nSPS) is 13.9. The van der Waals surface area contributed by atoms with E-state index in [0.29, 0.717) is 17.1 Å². The van der Waals surface area contributed by atoms with Gasteiger partial charge in [0.05, 0.1) is 10.8 Å². The second-order valence-corrected chi connectivity index (χ2v) is 6.00. The number of hydrogen-bond acceptors (Lipinski definition) is 3. The van der Waals surface area contributed by atoms with Crippen LogP contribution in [0.3, 0.4) is 0 Å². The monoisotopic (exact) mass is 268 g/mol. The predicted molar refractivity (Wildman–Crippen MR) is 74.8 cm³/mol. The molecule has 1 rings (SSSR count). The van der Waals surface area contributed by atoms with E-state index in [4.69, 9.17) is 5.73 Å². The molecular formula is C13H20N2O2S. The van der Waals surface area contributed by atoms with Gasteiger partial charge in [-0.15, -0.1) is 0 Å². The van der Waals surface area contributed by atoms with Crippen LogP contribution in [0.15, 0.2) is 23.1 Å². The molecule has 0 fully saturated rings. The number of nitrogens with one attached hydrogen (secondary N) is 1. The summed E-state index contributed by atoms with van der Waals surface area (Å²) in [7, 11) is -1.38. The third-order valence-corrected chi connectivity index (χ3v) is 4.40. The molecule has 100 valence electrons. The Morgan fingerprint density at radius 2 is 2.17 bits per heavy atom. The first kappa shape index (κ1) is 14.7. The van der Waals surface area contributed by atoms with Gasteiger partial charge >= 0.3 is 0 Å².